The summed E-state index contributed by atoms with van der Waals surface area (Å²) >= 11 is 1.53. The molecule has 2 aromatic heterocycles. The van der Waals surface area contributed by atoms with Gasteiger partial charge in [0.05, 0.1) is 35.0 Å². The summed E-state index contributed by atoms with van der Waals surface area (Å²) in [7, 11) is -1.10. The number of thiazole rings is 1. The van der Waals surface area contributed by atoms with Crippen molar-refractivity contribution in [3.8, 4) is 5.69 Å². The molecule has 0 saturated heterocycles. The van der Waals surface area contributed by atoms with Gasteiger partial charge in [0.1, 0.15) is 10.8 Å². The van der Waals surface area contributed by atoms with Crippen molar-refractivity contribution < 1.29 is 13.4 Å². The van der Waals surface area contributed by atoms with Crippen LogP contribution in [0.15, 0.2) is 72.3 Å². The minimum atomic E-state index is -1.10. The maximum Gasteiger partial charge on any atom is 0.228 e. The molecule has 2 unspecified atom stereocenters. The lowest BCUT2D eigenvalue weighted by Crippen LogP contribution is -2.41. The minimum absolute atomic E-state index is 0.0708. The molecule has 0 bridgehead atoms. The van der Waals surface area contributed by atoms with Crippen LogP contribution in [-0.2, 0) is 28.6 Å². The first-order chi connectivity index (χ1) is 16.0. The molecular formula is C25H22FN3O2S2. The first-order valence-corrected chi connectivity index (χ1v) is 12.8. The Labute approximate surface area is 197 Å². The average Bonchev–Trinajstić information content (AvgIpc) is 3.52. The van der Waals surface area contributed by atoms with E-state index in [2.05, 4.69) is 4.98 Å². The first-order valence-electron chi connectivity index (χ1n) is 10.6. The van der Waals surface area contributed by atoms with E-state index in [0.717, 1.165) is 20.9 Å². The van der Waals surface area contributed by atoms with Crippen LogP contribution in [-0.4, -0.2) is 36.4 Å². The lowest BCUT2D eigenvalue weighted by Gasteiger charge is -2.27. The molecule has 0 spiro atoms. The molecule has 1 amide bonds. The van der Waals surface area contributed by atoms with Gasteiger partial charge in [-0.05, 0) is 48.9 Å². The number of aromatic nitrogens is 2. The summed E-state index contributed by atoms with van der Waals surface area (Å²) in [6.45, 7) is 2.25. The number of nitrogens with zero attached hydrogens (tertiary/aromatic N) is 3. The lowest BCUT2D eigenvalue weighted by atomic mass is 10.1. The Balaban J connectivity index is 1.39. The molecule has 1 aliphatic rings. The zero-order valence-electron chi connectivity index (χ0n) is 18.0. The highest BCUT2D eigenvalue weighted by atomic mass is 32.2. The van der Waals surface area contributed by atoms with Gasteiger partial charge in [-0.15, -0.1) is 11.3 Å². The van der Waals surface area contributed by atoms with E-state index in [9.17, 15) is 13.4 Å². The van der Waals surface area contributed by atoms with E-state index >= 15 is 0 Å². The van der Waals surface area contributed by atoms with Crippen molar-refractivity contribution in [3.63, 3.8) is 0 Å². The van der Waals surface area contributed by atoms with Crippen LogP contribution >= 0.6 is 11.3 Å². The van der Waals surface area contributed by atoms with Crippen LogP contribution in [0.2, 0.25) is 0 Å². The van der Waals surface area contributed by atoms with Crippen LogP contribution in [0, 0.1) is 12.7 Å². The van der Waals surface area contributed by atoms with E-state index in [1.807, 2.05) is 60.2 Å². The van der Waals surface area contributed by atoms with Gasteiger partial charge in [0.2, 0.25) is 5.91 Å². The van der Waals surface area contributed by atoms with Gasteiger partial charge >= 0.3 is 0 Å². The fourth-order valence-electron chi connectivity index (χ4n) is 4.03. The number of halogens is 1. The second-order valence-corrected chi connectivity index (χ2v) is 10.5. The van der Waals surface area contributed by atoms with Crippen molar-refractivity contribution in [1.82, 2.24) is 14.5 Å². The van der Waals surface area contributed by atoms with E-state index in [-0.39, 0.29) is 18.4 Å². The first kappa shape index (κ1) is 21.7. The number of carbonyl (C=O) groups is 1. The molecule has 4 aromatic rings. The number of fused-ring (bicyclic) bond motifs is 1. The third-order valence-corrected chi connectivity index (χ3v) is 7.91. The summed E-state index contributed by atoms with van der Waals surface area (Å²) in [4.78, 5) is 19.7. The van der Waals surface area contributed by atoms with E-state index in [4.69, 9.17) is 0 Å². The summed E-state index contributed by atoms with van der Waals surface area (Å²) in [6, 6.07) is 16.3. The molecule has 8 heteroatoms. The molecule has 0 saturated carbocycles. The molecule has 2 atom stereocenters. The molecule has 0 radical (unpaired) electrons. The van der Waals surface area contributed by atoms with Gasteiger partial charge in [-0.1, -0.05) is 24.3 Å². The van der Waals surface area contributed by atoms with Crippen molar-refractivity contribution in [2.45, 2.75) is 25.9 Å². The predicted octanol–water partition coefficient (Wildman–Crippen LogP) is 4.75. The minimum Gasteiger partial charge on any atom is -0.328 e. The van der Waals surface area contributed by atoms with Crippen molar-refractivity contribution in [2.24, 2.45) is 0 Å². The largest absolute Gasteiger partial charge is 0.328 e. The van der Waals surface area contributed by atoms with Gasteiger partial charge in [0, 0.05) is 33.8 Å². The Bertz CT molecular complexity index is 1360. The van der Waals surface area contributed by atoms with Crippen molar-refractivity contribution in [3.05, 3.63) is 94.4 Å². The average molecular weight is 480 g/mol. The normalized spacial score (nSPS) is 17.6. The van der Waals surface area contributed by atoms with E-state index < -0.39 is 16.6 Å². The maximum absolute atomic E-state index is 14.9. The van der Waals surface area contributed by atoms with Gasteiger partial charge in [-0.3, -0.25) is 9.00 Å². The fourth-order valence-corrected chi connectivity index (χ4v) is 6.09. The molecule has 0 fully saturated rings. The maximum atomic E-state index is 14.9. The highest BCUT2D eigenvalue weighted by Crippen LogP contribution is 2.25. The number of para-hydroxylation sites is 1. The van der Waals surface area contributed by atoms with Crippen LogP contribution in [0.25, 0.3) is 15.9 Å². The fraction of sp³-hybridized carbons (Fsp3) is 0.200. The number of amides is 1. The summed E-state index contributed by atoms with van der Waals surface area (Å²) in [5.74, 6) is -0.281. The van der Waals surface area contributed by atoms with E-state index in [1.165, 1.54) is 17.4 Å². The molecule has 168 valence electrons. The molecule has 33 heavy (non-hydrogen) atoms. The predicted molar refractivity (Wildman–Crippen MR) is 130 cm³/mol. The molecular weight excluding hydrogens is 457 g/mol. The van der Waals surface area contributed by atoms with Crippen LogP contribution in [0.1, 0.15) is 16.3 Å². The number of aryl methyl sites for hydroxylation is 1. The number of rotatable bonds is 6. The third kappa shape index (κ3) is 4.54. The molecule has 5 nitrogen and oxygen atoms in total. The van der Waals surface area contributed by atoms with Gasteiger partial charge < -0.3 is 9.47 Å². The SMILES string of the molecule is Cc1cccn1-c1ccc(CC(=O)N(Cc2nc3ccccc3s2)C2C=CS(=O)C2)c(F)c1. The quantitative estimate of drug-likeness (QED) is 0.401. The van der Waals surface area contributed by atoms with Crippen LogP contribution in [0.3, 0.4) is 0 Å². The van der Waals surface area contributed by atoms with Crippen LogP contribution in [0.5, 0.6) is 0 Å². The second-order valence-electron chi connectivity index (χ2n) is 8.01. The monoisotopic (exact) mass is 479 g/mol. The van der Waals surface area contributed by atoms with Crippen molar-refractivity contribution >= 4 is 38.3 Å². The summed E-state index contributed by atoms with van der Waals surface area (Å²) in [6.07, 6.45) is 3.61. The Morgan fingerprint density at radius 3 is 2.79 bits per heavy atom. The number of hydrogen-bond acceptors (Lipinski definition) is 4. The topological polar surface area (TPSA) is 55.2 Å². The van der Waals surface area contributed by atoms with E-state index in [0.29, 0.717) is 23.5 Å². The highest BCUT2D eigenvalue weighted by Gasteiger charge is 2.28. The van der Waals surface area contributed by atoms with Gasteiger partial charge in [-0.2, -0.15) is 0 Å². The Morgan fingerprint density at radius 1 is 1.24 bits per heavy atom. The van der Waals surface area contributed by atoms with Crippen molar-refractivity contribution in [1.29, 1.82) is 0 Å². The zero-order valence-corrected chi connectivity index (χ0v) is 19.6. The molecule has 0 N–H and O–H groups in total. The van der Waals surface area contributed by atoms with Crippen LogP contribution in [0.4, 0.5) is 4.39 Å². The zero-order chi connectivity index (χ0) is 22.9. The number of hydrogen-bond donors (Lipinski definition) is 0. The Hall–Kier alpha value is -3.10. The smallest absolute Gasteiger partial charge is 0.228 e. The summed E-state index contributed by atoms with van der Waals surface area (Å²) < 4.78 is 29.9. The van der Waals surface area contributed by atoms with Gasteiger partial charge in [-0.25, -0.2) is 9.37 Å². The van der Waals surface area contributed by atoms with Crippen molar-refractivity contribution in [2.75, 3.05) is 5.75 Å². The number of benzene rings is 2. The summed E-state index contributed by atoms with van der Waals surface area (Å²) in [5.41, 5.74) is 2.94. The lowest BCUT2D eigenvalue weighted by molar-refractivity contribution is -0.132. The Morgan fingerprint density at radius 2 is 2.09 bits per heavy atom. The Kier molecular flexibility index (Phi) is 5.95. The third-order valence-electron chi connectivity index (χ3n) is 5.76. The van der Waals surface area contributed by atoms with E-state index in [1.54, 1.807) is 22.5 Å². The van der Waals surface area contributed by atoms with Gasteiger partial charge in [0.15, 0.2) is 0 Å². The molecule has 1 aliphatic heterocycles. The molecule has 3 heterocycles. The second kappa shape index (κ2) is 9.03. The molecule has 5 rings (SSSR count). The molecule has 2 aromatic carbocycles. The van der Waals surface area contributed by atoms with Gasteiger partial charge in [0.25, 0.3) is 0 Å². The standard InChI is InChI=1S/C25H22FN3O2S2/c1-17-5-4-11-28(17)19-9-8-18(21(26)14-19)13-25(30)29(20-10-12-33(31)16-20)15-24-27-22-6-2-3-7-23(22)32-24/h2-12,14,20H,13,15-16H2,1H3. The summed E-state index contributed by atoms with van der Waals surface area (Å²) in [5, 5.41) is 2.42. The van der Waals surface area contributed by atoms with Crippen LogP contribution < -0.4 is 0 Å². The highest BCUT2D eigenvalue weighted by molar-refractivity contribution is 7.88. The molecule has 0 aliphatic carbocycles. The number of carbonyl (C=O) groups excluding carboxylic acids is 1.